The van der Waals surface area contributed by atoms with Gasteiger partial charge in [-0.2, -0.15) is 0 Å². The lowest BCUT2D eigenvalue weighted by molar-refractivity contribution is -0.132. The average Bonchev–Trinajstić information content (AvgIpc) is 3.21. The quantitative estimate of drug-likeness (QED) is 0.130. The number of carbonyl (C=O) groups is 2. The number of benzene rings is 5. The predicted molar refractivity (Wildman–Crippen MR) is 153 cm³/mol. The number of hydrogen-bond acceptors (Lipinski definition) is 4. The van der Waals surface area contributed by atoms with Gasteiger partial charge in [0, 0.05) is 31.0 Å². The zero-order chi connectivity index (χ0) is 26.4. The summed E-state index contributed by atoms with van der Waals surface area (Å²) >= 11 is 0. The highest BCUT2D eigenvalue weighted by Crippen LogP contribution is 2.43. The summed E-state index contributed by atoms with van der Waals surface area (Å²) in [7, 11) is 3.91. The number of aliphatic hydroxyl groups excluding tert-OH is 1. The van der Waals surface area contributed by atoms with Crippen LogP contribution in [0.3, 0.4) is 0 Å². The standard InChI is InChI=1S/C33H26N2O3/c1-34(2)25-17-15-21(16-18-25)30-29(32(37)33(38)35(30)26-12-4-3-5-13-26)31(36)27-14-8-11-24-19-22-9-6-7-10-23(22)20-28(24)27/h3-20,30,36H,1-2H3/t30-/m1/s1. The molecular weight excluding hydrogens is 472 g/mol. The lowest BCUT2D eigenvalue weighted by Crippen LogP contribution is -2.29. The molecule has 5 heteroatoms. The first-order valence-electron chi connectivity index (χ1n) is 12.5. The molecule has 38 heavy (non-hydrogen) atoms. The van der Waals surface area contributed by atoms with E-state index in [0.717, 1.165) is 32.8 Å². The Balaban J connectivity index is 1.60. The van der Waals surface area contributed by atoms with E-state index >= 15 is 0 Å². The van der Waals surface area contributed by atoms with E-state index in [1.54, 1.807) is 18.2 Å². The lowest BCUT2D eigenvalue weighted by Gasteiger charge is -2.26. The summed E-state index contributed by atoms with van der Waals surface area (Å²) in [6, 6.07) is 33.8. The summed E-state index contributed by atoms with van der Waals surface area (Å²) in [5.41, 5.74) is 2.93. The second kappa shape index (κ2) is 9.20. The number of carbonyl (C=O) groups excluding carboxylic acids is 2. The van der Waals surface area contributed by atoms with E-state index in [2.05, 4.69) is 6.07 Å². The molecule has 186 valence electrons. The Morgan fingerprint density at radius 2 is 1.37 bits per heavy atom. The van der Waals surface area contributed by atoms with Gasteiger partial charge in [0.05, 0.1) is 11.6 Å². The number of para-hydroxylation sites is 1. The van der Waals surface area contributed by atoms with Crippen LogP contribution >= 0.6 is 0 Å². The topological polar surface area (TPSA) is 60.9 Å². The van der Waals surface area contributed by atoms with Crippen molar-refractivity contribution in [1.29, 1.82) is 0 Å². The van der Waals surface area contributed by atoms with Gasteiger partial charge in [0.1, 0.15) is 5.76 Å². The fourth-order valence-corrected chi connectivity index (χ4v) is 5.28. The summed E-state index contributed by atoms with van der Waals surface area (Å²) in [6.45, 7) is 0. The third-order valence-corrected chi connectivity index (χ3v) is 7.21. The van der Waals surface area contributed by atoms with Crippen molar-refractivity contribution in [3.05, 3.63) is 126 Å². The fraction of sp³-hybridized carbons (Fsp3) is 0.0909. The summed E-state index contributed by atoms with van der Waals surface area (Å²) in [5.74, 6) is -1.54. The highest BCUT2D eigenvalue weighted by Gasteiger charge is 2.47. The maximum absolute atomic E-state index is 13.6. The minimum Gasteiger partial charge on any atom is -0.507 e. The van der Waals surface area contributed by atoms with Crippen LogP contribution in [0.4, 0.5) is 11.4 Å². The normalized spacial score (nSPS) is 16.9. The van der Waals surface area contributed by atoms with Crippen molar-refractivity contribution in [3.63, 3.8) is 0 Å². The van der Waals surface area contributed by atoms with E-state index in [-0.39, 0.29) is 11.3 Å². The van der Waals surface area contributed by atoms with Crippen LogP contribution in [0.5, 0.6) is 0 Å². The van der Waals surface area contributed by atoms with E-state index in [0.29, 0.717) is 11.3 Å². The van der Waals surface area contributed by atoms with Gasteiger partial charge < -0.3 is 10.0 Å². The highest BCUT2D eigenvalue weighted by molar-refractivity contribution is 6.51. The predicted octanol–water partition coefficient (Wildman–Crippen LogP) is 6.69. The number of fused-ring (bicyclic) bond motifs is 2. The molecular formula is C33H26N2O3. The van der Waals surface area contributed by atoms with Crippen LogP contribution in [0.2, 0.25) is 0 Å². The van der Waals surface area contributed by atoms with Gasteiger partial charge in [-0.1, -0.05) is 72.8 Å². The number of ketones is 1. The summed E-state index contributed by atoms with van der Waals surface area (Å²) in [5, 5.41) is 15.7. The first kappa shape index (κ1) is 23.5. The molecule has 1 aliphatic heterocycles. The molecule has 0 saturated carbocycles. The van der Waals surface area contributed by atoms with Crippen LogP contribution in [0.1, 0.15) is 17.2 Å². The zero-order valence-electron chi connectivity index (χ0n) is 21.1. The molecule has 0 aromatic heterocycles. The van der Waals surface area contributed by atoms with Gasteiger partial charge in [-0.25, -0.2) is 0 Å². The molecule has 1 atom stereocenters. The Morgan fingerprint density at radius 3 is 2.05 bits per heavy atom. The van der Waals surface area contributed by atoms with Crippen LogP contribution in [0.25, 0.3) is 27.3 Å². The monoisotopic (exact) mass is 498 g/mol. The van der Waals surface area contributed by atoms with Crippen LogP contribution in [-0.4, -0.2) is 30.9 Å². The number of rotatable bonds is 4. The molecule has 0 unspecified atom stereocenters. The summed E-state index contributed by atoms with van der Waals surface area (Å²) in [6.07, 6.45) is 0. The van der Waals surface area contributed by atoms with Crippen molar-refractivity contribution >= 4 is 50.4 Å². The van der Waals surface area contributed by atoms with Crippen molar-refractivity contribution in [2.45, 2.75) is 6.04 Å². The molecule has 6 rings (SSSR count). The number of Topliss-reactive ketones (excluding diaryl/α,β-unsaturated/α-hetero) is 1. The molecule has 1 amide bonds. The molecule has 1 fully saturated rings. The molecule has 1 aliphatic rings. The number of aliphatic hydroxyl groups is 1. The Labute approximate surface area is 220 Å². The van der Waals surface area contributed by atoms with Gasteiger partial charge in [-0.3, -0.25) is 14.5 Å². The first-order chi connectivity index (χ1) is 18.4. The van der Waals surface area contributed by atoms with Crippen LogP contribution in [0, 0.1) is 0 Å². The van der Waals surface area contributed by atoms with Crippen LogP contribution < -0.4 is 9.80 Å². The third-order valence-electron chi connectivity index (χ3n) is 7.21. The van der Waals surface area contributed by atoms with E-state index in [9.17, 15) is 14.7 Å². The Morgan fingerprint density at radius 1 is 0.737 bits per heavy atom. The van der Waals surface area contributed by atoms with Crippen molar-refractivity contribution in [2.24, 2.45) is 0 Å². The van der Waals surface area contributed by atoms with E-state index in [1.807, 2.05) is 104 Å². The van der Waals surface area contributed by atoms with Crippen molar-refractivity contribution in [3.8, 4) is 0 Å². The summed E-state index contributed by atoms with van der Waals surface area (Å²) < 4.78 is 0. The van der Waals surface area contributed by atoms with Gasteiger partial charge in [-0.15, -0.1) is 0 Å². The summed E-state index contributed by atoms with van der Waals surface area (Å²) in [4.78, 5) is 30.5. The molecule has 1 heterocycles. The molecule has 1 N–H and O–H groups in total. The number of anilines is 2. The fourth-order valence-electron chi connectivity index (χ4n) is 5.28. The number of hydrogen-bond donors (Lipinski definition) is 1. The van der Waals surface area contributed by atoms with Crippen LogP contribution in [0.15, 0.2) is 115 Å². The van der Waals surface area contributed by atoms with Crippen molar-refractivity contribution in [1.82, 2.24) is 0 Å². The van der Waals surface area contributed by atoms with E-state index < -0.39 is 17.7 Å². The SMILES string of the molecule is CN(C)c1ccc([C@@H]2C(=C(O)c3cccc4cc5ccccc5cc34)C(=O)C(=O)N2c2ccccc2)cc1. The minimum atomic E-state index is -0.774. The second-order valence-corrected chi connectivity index (χ2v) is 9.72. The van der Waals surface area contributed by atoms with Gasteiger partial charge in [0.25, 0.3) is 11.7 Å². The number of amides is 1. The molecule has 5 nitrogen and oxygen atoms in total. The van der Waals surface area contributed by atoms with Gasteiger partial charge in [-0.05, 0) is 63.5 Å². The maximum Gasteiger partial charge on any atom is 0.300 e. The van der Waals surface area contributed by atoms with Gasteiger partial charge in [0.2, 0.25) is 0 Å². The largest absolute Gasteiger partial charge is 0.507 e. The molecule has 1 saturated heterocycles. The molecule has 5 aromatic carbocycles. The third kappa shape index (κ3) is 3.80. The van der Waals surface area contributed by atoms with E-state index in [1.165, 1.54) is 4.90 Å². The minimum absolute atomic E-state index is 0.0807. The van der Waals surface area contributed by atoms with Crippen molar-refractivity contribution < 1.29 is 14.7 Å². The molecule has 0 aliphatic carbocycles. The highest BCUT2D eigenvalue weighted by atomic mass is 16.3. The van der Waals surface area contributed by atoms with E-state index in [4.69, 9.17) is 0 Å². The molecule has 0 radical (unpaired) electrons. The lowest BCUT2D eigenvalue weighted by atomic mass is 9.92. The average molecular weight is 499 g/mol. The molecule has 0 bridgehead atoms. The Kier molecular flexibility index (Phi) is 5.69. The smallest absolute Gasteiger partial charge is 0.300 e. The molecule has 0 spiro atoms. The number of nitrogens with zero attached hydrogens (tertiary/aromatic N) is 2. The van der Waals surface area contributed by atoms with Gasteiger partial charge >= 0.3 is 0 Å². The van der Waals surface area contributed by atoms with Gasteiger partial charge in [0.15, 0.2) is 0 Å². The second-order valence-electron chi connectivity index (χ2n) is 9.72. The first-order valence-corrected chi connectivity index (χ1v) is 12.5. The van der Waals surface area contributed by atoms with Crippen molar-refractivity contribution in [2.75, 3.05) is 23.9 Å². The Bertz CT molecular complexity index is 1740. The Hall–Kier alpha value is -4.90. The molecule has 5 aromatic rings. The maximum atomic E-state index is 13.6. The zero-order valence-corrected chi connectivity index (χ0v) is 21.1. The van der Waals surface area contributed by atoms with Crippen LogP contribution in [-0.2, 0) is 9.59 Å².